The zero-order valence-electron chi connectivity index (χ0n) is 22.3. The van der Waals surface area contributed by atoms with Gasteiger partial charge in [0, 0.05) is 24.7 Å². The van der Waals surface area contributed by atoms with Crippen molar-refractivity contribution in [2.24, 2.45) is 0 Å². The Kier molecular flexibility index (Phi) is 9.81. The van der Waals surface area contributed by atoms with Gasteiger partial charge in [-0.3, -0.25) is 9.80 Å². The number of carbonyl (C=O) groups is 1. The van der Waals surface area contributed by atoms with Crippen LogP contribution in [0, 0.1) is 12.7 Å². The lowest BCUT2D eigenvalue weighted by molar-refractivity contribution is 0.0287. The van der Waals surface area contributed by atoms with E-state index in [9.17, 15) is 14.3 Å². The molecule has 2 fully saturated rings. The van der Waals surface area contributed by atoms with Crippen molar-refractivity contribution in [2.45, 2.75) is 89.4 Å². The molecule has 2 saturated heterocycles. The van der Waals surface area contributed by atoms with E-state index in [0.29, 0.717) is 30.1 Å². The number of fused-ring (bicyclic) bond motifs is 2. The first-order valence-corrected chi connectivity index (χ1v) is 13.8. The first-order valence-electron chi connectivity index (χ1n) is 13.8. The highest BCUT2D eigenvalue weighted by Gasteiger charge is 2.42. The molecule has 0 aromatic heterocycles. The Morgan fingerprint density at radius 2 is 1.86 bits per heavy atom. The standard InChI is InChI=1S/C30H42FN3O3/c1-22-13-14-29(37-2)28(17-22)34(30(35)36)27-19-25-11-8-12-26(20-27)33(25)16-6-4-3-5-15-32-21-23-9-7-10-24(31)18-23/h7,9-10,13-14,17-18,25-27,32H,3-6,8,11-12,15-16,19-21H2,1-2H3,(H,35,36). The number of unbranched alkanes of at least 4 members (excludes halogenated alkanes) is 3. The molecule has 2 aromatic carbocycles. The number of halogens is 1. The summed E-state index contributed by atoms with van der Waals surface area (Å²) in [4.78, 5) is 16.7. The first-order chi connectivity index (χ1) is 18.0. The molecule has 2 heterocycles. The molecule has 2 atom stereocenters. The summed E-state index contributed by atoms with van der Waals surface area (Å²) in [5.74, 6) is 0.435. The van der Waals surface area contributed by atoms with E-state index in [4.69, 9.17) is 4.74 Å². The maximum atomic E-state index is 13.3. The summed E-state index contributed by atoms with van der Waals surface area (Å²) in [5.41, 5.74) is 2.68. The zero-order valence-corrected chi connectivity index (χ0v) is 22.3. The maximum absolute atomic E-state index is 13.3. The molecule has 2 bridgehead atoms. The molecular formula is C30H42FN3O3. The molecule has 1 amide bonds. The number of benzene rings is 2. The maximum Gasteiger partial charge on any atom is 0.412 e. The molecule has 0 radical (unpaired) electrons. The molecular weight excluding hydrogens is 469 g/mol. The van der Waals surface area contributed by atoms with Gasteiger partial charge in [-0.05, 0) is 93.9 Å². The number of hydrogen-bond donors (Lipinski definition) is 2. The van der Waals surface area contributed by atoms with Gasteiger partial charge in [-0.1, -0.05) is 37.5 Å². The van der Waals surface area contributed by atoms with Gasteiger partial charge >= 0.3 is 6.09 Å². The number of amides is 1. The number of anilines is 1. The Morgan fingerprint density at radius 3 is 2.57 bits per heavy atom. The molecule has 37 heavy (non-hydrogen) atoms. The summed E-state index contributed by atoms with van der Waals surface area (Å²) in [6.45, 7) is 4.73. The Bertz CT molecular complexity index is 1020. The number of carboxylic acid groups (broad SMARTS) is 1. The van der Waals surface area contributed by atoms with E-state index in [2.05, 4.69) is 10.2 Å². The molecule has 2 aliphatic heterocycles. The van der Waals surface area contributed by atoms with Crippen molar-refractivity contribution in [3.63, 3.8) is 0 Å². The highest BCUT2D eigenvalue weighted by Crippen LogP contribution is 2.40. The molecule has 202 valence electrons. The average Bonchev–Trinajstić information content (AvgIpc) is 2.86. The van der Waals surface area contributed by atoms with Crippen LogP contribution in [0.2, 0.25) is 0 Å². The first kappa shape index (κ1) is 27.4. The topological polar surface area (TPSA) is 65.0 Å². The lowest BCUT2D eigenvalue weighted by atomic mass is 9.80. The molecule has 2 aromatic rings. The number of ether oxygens (including phenoxy) is 1. The Labute approximate surface area is 220 Å². The lowest BCUT2D eigenvalue weighted by Crippen LogP contribution is -2.58. The summed E-state index contributed by atoms with van der Waals surface area (Å²) >= 11 is 0. The van der Waals surface area contributed by atoms with Gasteiger partial charge in [0.1, 0.15) is 11.6 Å². The fourth-order valence-electron chi connectivity index (χ4n) is 6.25. The van der Waals surface area contributed by atoms with Crippen LogP contribution in [0.3, 0.4) is 0 Å². The number of aryl methyl sites for hydroxylation is 1. The monoisotopic (exact) mass is 511 g/mol. The smallest absolute Gasteiger partial charge is 0.412 e. The van der Waals surface area contributed by atoms with Crippen molar-refractivity contribution < 1.29 is 19.0 Å². The normalized spacial score (nSPS) is 21.5. The molecule has 7 heteroatoms. The predicted octanol–water partition coefficient (Wildman–Crippen LogP) is 6.36. The minimum Gasteiger partial charge on any atom is -0.495 e. The number of nitrogens with zero attached hydrogens (tertiary/aromatic N) is 2. The fraction of sp³-hybridized carbons (Fsp3) is 0.567. The van der Waals surface area contributed by atoms with Crippen molar-refractivity contribution in [3.8, 4) is 5.75 Å². The van der Waals surface area contributed by atoms with Crippen LogP contribution in [0.5, 0.6) is 5.75 Å². The number of methoxy groups -OCH3 is 1. The molecule has 2 unspecified atom stereocenters. The second kappa shape index (κ2) is 13.2. The zero-order chi connectivity index (χ0) is 26.2. The van der Waals surface area contributed by atoms with Crippen LogP contribution in [0.25, 0.3) is 0 Å². The van der Waals surface area contributed by atoms with E-state index in [-0.39, 0.29) is 11.9 Å². The minimum atomic E-state index is -0.897. The van der Waals surface area contributed by atoms with Crippen molar-refractivity contribution >= 4 is 11.8 Å². The number of piperidine rings is 2. The van der Waals surface area contributed by atoms with E-state index >= 15 is 0 Å². The van der Waals surface area contributed by atoms with E-state index in [0.717, 1.165) is 56.3 Å². The lowest BCUT2D eigenvalue weighted by Gasteiger charge is -2.50. The summed E-state index contributed by atoms with van der Waals surface area (Å²) in [5, 5.41) is 13.6. The second-order valence-electron chi connectivity index (χ2n) is 10.7. The van der Waals surface area contributed by atoms with E-state index in [1.54, 1.807) is 24.1 Å². The van der Waals surface area contributed by atoms with Crippen LogP contribution in [-0.4, -0.2) is 54.4 Å². The van der Waals surface area contributed by atoms with Gasteiger partial charge in [-0.25, -0.2) is 9.18 Å². The molecule has 2 aliphatic rings. The summed E-state index contributed by atoms with van der Waals surface area (Å²) in [6.07, 6.45) is 9.07. The van der Waals surface area contributed by atoms with Crippen molar-refractivity contribution in [1.29, 1.82) is 0 Å². The molecule has 0 spiro atoms. The van der Waals surface area contributed by atoms with Gasteiger partial charge in [-0.2, -0.15) is 0 Å². The van der Waals surface area contributed by atoms with Gasteiger partial charge in [0.2, 0.25) is 0 Å². The predicted molar refractivity (Wildman–Crippen MR) is 146 cm³/mol. The highest BCUT2D eigenvalue weighted by atomic mass is 19.1. The number of rotatable bonds is 12. The van der Waals surface area contributed by atoms with Gasteiger partial charge in [-0.15, -0.1) is 0 Å². The molecule has 0 saturated carbocycles. The number of hydrogen-bond acceptors (Lipinski definition) is 4. The van der Waals surface area contributed by atoms with Crippen LogP contribution in [0.15, 0.2) is 42.5 Å². The minimum absolute atomic E-state index is 0.0242. The van der Waals surface area contributed by atoms with Gasteiger partial charge in [0.15, 0.2) is 0 Å². The van der Waals surface area contributed by atoms with E-state index < -0.39 is 6.09 Å². The molecule has 0 aliphatic carbocycles. The van der Waals surface area contributed by atoms with Crippen LogP contribution in [-0.2, 0) is 6.54 Å². The second-order valence-corrected chi connectivity index (χ2v) is 10.7. The Morgan fingerprint density at radius 1 is 1.11 bits per heavy atom. The third kappa shape index (κ3) is 7.23. The Balaban J connectivity index is 1.24. The van der Waals surface area contributed by atoms with E-state index in [1.807, 2.05) is 31.2 Å². The third-order valence-electron chi connectivity index (χ3n) is 8.00. The molecule has 6 nitrogen and oxygen atoms in total. The van der Waals surface area contributed by atoms with Crippen LogP contribution in [0.4, 0.5) is 14.9 Å². The van der Waals surface area contributed by atoms with Crippen molar-refractivity contribution in [3.05, 3.63) is 59.4 Å². The molecule has 4 rings (SSSR count). The highest BCUT2D eigenvalue weighted by molar-refractivity contribution is 5.89. The average molecular weight is 512 g/mol. The van der Waals surface area contributed by atoms with Gasteiger partial charge < -0.3 is 15.2 Å². The van der Waals surface area contributed by atoms with Gasteiger partial charge in [0.25, 0.3) is 0 Å². The Hall–Kier alpha value is -2.64. The van der Waals surface area contributed by atoms with Crippen LogP contribution >= 0.6 is 0 Å². The largest absolute Gasteiger partial charge is 0.495 e. The third-order valence-corrected chi connectivity index (χ3v) is 8.00. The van der Waals surface area contributed by atoms with Crippen LogP contribution < -0.4 is 15.0 Å². The van der Waals surface area contributed by atoms with E-state index in [1.165, 1.54) is 31.7 Å². The fourth-order valence-corrected chi connectivity index (χ4v) is 6.25. The summed E-state index contributed by atoms with van der Waals surface area (Å²) in [7, 11) is 1.60. The summed E-state index contributed by atoms with van der Waals surface area (Å²) in [6, 6.07) is 13.4. The SMILES string of the molecule is COc1ccc(C)cc1N(C(=O)O)C1CC2CCCC(C1)N2CCCCCCNCc1cccc(F)c1. The van der Waals surface area contributed by atoms with Crippen molar-refractivity contribution in [2.75, 3.05) is 25.1 Å². The van der Waals surface area contributed by atoms with Crippen LogP contribution in [0.1, 0.15) is 68.9 Å². The molecule has 2 N–H and O–H groups in total. The van der Waals surface area contributed by atoms with Crippen molar-refractivity contribution in [1.82, 2.24) is 10.2 Å². The van der Waals surface area contributed by atoms with Gasteiger partial charge in [0.05, 0.1) is 12.8 Å². The quantitative estimate of drug-likeness (QED) is 0.325. The number of nitrogens with one attached hydrogen (secondary N) is 1. The summed E-state index contributed by atoms with van der Waals surface area (Å²) < 4.78 is 18.8.